The molecule has 1 aliphatic heterocycles. The van der Waals surface area contributed by atoms with Gasteiger partial charge in [-0.2, -0.15) is 13.2 Å². The molecule has 0 aliphatic carbocycles. The highest BCUT2D eigenvalue weighted by atomic mass is 19.4. The van der Waals surface area contributed by atoms with Gasteiger partial charge in [0, 0.05) is 11.9 Å². The van der Waals surface area contributed by atoms with Crippen molar-refractivity contribution in [1.29, 1.82) is 5.41 Å². The van der Waals surface area contributed by atoms with Gasteiger partial charge in [0.05, 0.1) is 29.5 Å². The van der Waals surface area contributed by atoms with Crippen LogP contribution in [-0.2, 0) is 20.5 Å². The number of alkyl halides is 3. The smallest absolute Gasteiger partial charge is 0.416 e. The number of hydrogen-bond acceptors (Lipinski definition) is 6. The van der Waals surface area contributed by atoms with Gasteiger partial charge < -0.3 is 25.9 Å². The molecule has 2 aromatic carbocycles. The molecular weight excluding hydrogens is 481 g/mol. The number of esters is 1. The molecule has 0 unspecified atom stereocenters. The van der Waals surface area contributed by atoms with E-state index >= 15 is 0 Å². The molecule has 0 aromatic heterocycles. The summed E-state index contributed by atoms with van der Waals surface area (Å²) in [6.07, 6.45) is -3.61. The van der Waals surface area contributed by atoms with Crippen molar-refractivity contribution in [2.24, 2.45) is 5.73 Å². The fourth-order valence-electron chi connectivity index (χ4n) is 3.91. The summed E-state index contributed by atoms with van der Waals surface area (Å²) in [6, 6.07) is 8.09. The van der Waals surface area contributed by atoms with Gasteiger partial charge in [0.2, 0.25) is 5.91 Å². The second kappa shape index (κ2) is 10.6. The molecule has 9 nitrogen and oxygen atoms in total. The summed E-state index contributed by atoms with van der Waals surface area (Å²) >= 11 is 0. The van der Waals surface area contributed by atoms with Crippen LogP contribution in [0.1, 0.15) is 29.7 Å². The summed E-state index contributed by atoms with van der Waals surface area (Å²) in [7, 11) is 0. The molecule has 0 fully saturated rings. The number of allylic oxidation sites excluding steroid dienone is 1. The molecule has 12 heteroatoms. The highest BCUT2D eigenvalue weighted by molar-refractivity contribution is 6.04. The Balaban J connectivity index is 2.27. The Bertz CT molecular complexity index is 1210. The molecule has 0 spiro atoms. The molecule has 36 heavy (non-hydrogen) atoms. The largest absolute Gasteiger partial charge is 0.460 e. The first-order chi connectivity index (χ1) is 17.0. The first kappa shape index (κ1) is 26.4. The second-order valence-electron chi connectivity index (χ2n) is 7.83. The number of carbonyl (C=O) groups excluding carboxylic acids is 3. The molecule has 0 bridgehead atoms. The predicted molar refractivity (Wildman–Crippen MR) is 123 cm³/mol. The Morgan fingerprint density at radius 1 is 1.19 bits per heavy atom. The zero-order chi connectivity index (χ0) is 26.6. The fourth-order valence-corrected chi connectivity index (χ4v) is 3.91. The molecule has 0 saturated heterocycles. The molecule has 3 rings (SSSR count). The third kappa shape index (κ3) is 5.38. The zero-order valence-electron chi connectivity index (χ0n) is 19.1. The van der Waals surface area contributed by atoms with Gasteiger partial charge in [-0.15, -0.1) is 0 Å². The van der Waals surface area contributed by atoms with Crippen LogP contribution >= 0.6 is 0 Å². The van der Waals surface area contributed by atoms with Crippen LogP contribution in [0.4, 0.5) is 23.7 Å². The number of aliphatic hydroxyl groups excluding tert-OH is 1. The number of urea groups is 1. The van der Waals surface area contributed by atoms with Crippen molar-refractivity contribution in [2.75, 3.05) is 24.7 Å². The standard InChI is InChI=1S/C24H23F3N4O5/c1-14-20(22(34)36-10-9-32)21(16-7-5-15(12-28)6-8-16)30(13-19(29)33)23(35)31(14)18-4-2-3-17(11-18)24(25,26)27/h2-8,11-12,21,28,32H,9-10,13H2,1H3,(H2,29,33)/t21-/m1/s1. The quantitative estimate of drug-likeness (QED) is 0.375. The van der Waals surface area contributed by atoms with Crippen LogP contribution in [0.3, 0.4) is 0 Å². The van der Waals surface area contributed by atoms with Crippen molar-refractivity contribution in [2.45, 2.75) is 19.1 Å². The van der Waals surface area contributed by atoms with Gasteiger partial charge in [0.15, 0.2) is 0 Å². The molecule has 0 radical (unpaired) electrons. The van der Waals surface area contributed by atoms with E-state index in [0.717, 1.165) is 34.2 Å². The molecule has 1 atom stereocenters. The lowest BCUT2D eigenvalue weighted by Crippen LogP contribution is -2.53. The van der Waals surface area contributed by atoms with E-state index in [1.165, 1.54) is 13.0 Å². The molecule has 4 N–H and O–H groups in total. The number of halogens is 3. The number of anilines is 1. The Hall–Kier alpha value is -4.19. The summed E-state index contributed by atoms with van der Waals surface area (Å²) in [4.78, 5) is 40.5. The average Bonchev–Trinajstić information content (AvgIpc) is 2.83. The van der Waals surface area contributed by atoms with Gasteiger partial charge in [0.1, 0.15) is 13.2 Å². The minimum atomic E-state index is -4.69. The van der Waals surface area contributed by atoms with Crippen LogP contribution in [0.25, 0.3) is 0 Å². The van der Waals surface area contributed by atoms with Crippen molar-refractivity contribution < 1.29 is 37.4 Å². The number of nitrogens with zero attached hydrogens (tertiary/aromatic N) is 2. The SMILES string of the molecule is CC1=C(C(=O)OCCO)[C@@H](c2ccc(C=N)cc2)N(CC(N)=O)C(=O)N1c1cccc(C(F)(F)F)c1. The maximum Gasteiger partial charge on any atom is 0.416 e. The van der Waals surface area contributed by atoms with Crippen LogP contribution in [0.2, 0.25) is 0 Å². The van der Waals surface area contributed by atoms with E-state index in [1.54, 1.807) is 24.3 Å². The van der Waals surface area contributed by atoms with E-state index in [9.17, 15) is 27.6 Å². The molecular formula is C24H23F3N4O5. The first-order valence-electron chi connectivity index (χ1n) is 10.6. The van der Waals surface area contributed by atoms with E-state index < -0.39 is 48.8 Å². The molecule has 3 amide bonds. The number of primary amides is 1. The minimum absolute atomic E-state index is 0.0240. The van der Waals surface area contributed by atoms with Gasteiger partial charge in [0.25, 0.3) is 0 Å². The summed E-state index contributed by atoms with van der Waals surface area (Å²) < 4.78 is 45.2. The zero-order valence-corrected chi connectivity index (χ0v) is 19.1. The predicted octanol–water partition coefficient (Wildman–Crippen LogP) is 2.98. The Kier molecular flexibility index (Phi) is 7.78. The van der Waals surface area contributed by atoms with Crippen molar-refractivity contribution >= 4 is 29.8 Å². The summed E-state index contributed by atoms with van der Waals surface area (Å²) in [5.74, 6) is -1.86. The number of nitrogens with two attached hydrogens (primary N) is 1. The molecule has 1 aliphatic rings. The number of aliphatic hydroxyl groups is 1. The monoisotopic (exact) mass is 504 g/mol. The van der Waals surface area contributed by atoms with Gasteiger partial charge >= 0.3 is 18.2 Å². The van der Waals surface area contributed by atoms with Crippen LogP contribution in [0.5, 0.6) is 0 Å². The van der Waals surface area contributed by atoms with Gasteiger partial charge in [-0.25, -0.2) is 9.59 Å². The number of carbonyl (C=O) groups is 3. The third-order valence-corrected chi connectivity index (χ3v) is 5.47. The number of nitrogens with one attached hydrogen (secondary N) is 1. The van der Waals surface area contributed by atoms with Gasteiger partial charge in [-0.1, -0.05) is 30.3 Å². The molecule has 1 heterocycles. The lowest BCUT2D eigenvalue weighted by Gasteiger charge is -2.42. The van der Waals surface area contributed by atoms with Crippen LogP contribution in [0, 0.1) is 5.41 Å². The number of ether oxygens (including phenoxy) is 1. The summed E-state index contributed by atoms with van der Waals surface area (Å²) in [6.45, 7) is -0.149. The van der Waals surface area contributed by atoms with E-state index in [0.29, 0.717) is 11.1 Å². The van der Waals surface area contributed by atoms with Gasteiger partial charge in [-0.05, 0) is 36.2 Å². The van der Waals surface area contributed by atoms with Crippen LogP contribution < -0.4 is 10.6 Å². The first-order valence-corrected chi connectivity index (χ1v) is 10.6. The maximum atomic E-state index is 13.6. The van der Waals surface area contributed by atoms with Gasteiger partial charge in [-0.3, -0.25) is 9.69 Å². The number of benzene rings is 2. The van der Waals surface area contributed by atoms with E-state index in [2.05, 4.69) is 0 Å². The van der Waals surface area contributed by atoms with Crippen molar-refractivity contribution in [3.63, 3.8) is 0 Å². The molecule has 190 valence electrons. The third-order valence-electron chi connectivity index (χ3n) is 5.47. The number of amides is 3. The molecule has 0 saturated carbocycles. The summed E-state index contributed by atoms with van der Waals surface area (Å²) in [5.41, 5.74) is 4.91. The average molecular weight is 504 g/mol. The van der Waals surface area contributed by atoms with Crippen molar-refractivity contribution in [3.8, 4) is 0 Å². The Labute approximate surface area is 204 Å². The Morgan fingerprint density at radius 3 is 2.42 bits per heavy atom. The highest BCUT2D eigenvalue weighted by Crippen LogP contribution is 2.41. The van der Waals surface area contributed by atoms with E-state index in [4.69, 9.17) is 21.0 Å². The van der Waals surface area contributed by atoms with E-state index in [1.807, 2.05) is 0 Å². The second-order valence-corrected chi connectivity index (χ2v) is 7.83. The van der Waals surface area contributed by atoms with Crippen molar-refractivity contribution in [3.05, 3.63) is 76.5 Å². The molecule has 2 aromatic rings. The number of rotatable bonds is 8. The number of hydrogen-bond donors (Lipinski definition) is 3. The normalized spacial score (nSPS) is 16.2. The lowest BCUT2D eigenvalue weighted by molar-refractivity contribution is -0.141. The summed E-state index contributed by atoms with van der Waals surface area (Å²) in [5, 5.41) is 16.5. The topological polar surface area (TPSA) is 137 Å². The van der Waals surface area contributed by atoms with Crippen LogP contribution in [0.15, 0.2) is 59.8 Å². The van der Waals surface area contributed by atoms with Crippen LogP contribution in [-0.4, -0.2) is 53.9 Å². The minimum Gasteiger partial charge on any atom is -0.460 e. The maximum absolute atomic E-state index is 13.6. The fraction of sp³-hybridized carbons (Fsp3) is 0.250. The highest BCUT2D eigenvalue weighted by Gasteiger charge is 2.44. The van der Waals surface area contributed by atoms with E-state index in [-0.39, 0.29) is 23.6 Å². The Morgan fingerprint density at radius 2 is 1.86 bits per heavy atom. The lowest BCUT2D eigenvalue weighted by atomic mass is 9.92. The van der Waals surface area contributed by atoms with Crippen molar-refractivity contribution in [1.82, 2.24) is 4.90 Å².